The summed E-state index contributed by atoms with van der Waals surface area (Å²) in [5, 5.41) is 2.50. The fourth-order valence-electron chi connectivity index (χ4n) is 11.9. The molecule has 0 saturated carbocycles. The molecule has 0 unspecified atom stereocenters. The molecule has 0 N–H and O–H groups in total. The van der Waals surface area contributed by atoms with Crippen LogP contribution in [0.4, 0.5) is 34.1 Å². The Balaban J connectivity index is 1.31. The highest BCUT2D eigenvalue weighted by Crippen LogP contribution is 2.50. The summed E-state index contributed by atoms with van der Waals surface area (Å²) in [4.78, 5) is 5.35. The summed E-state index contributed by atoms with van der Waals surface area (Å²) in [6.07, 6.45) is 0. The Morgan fingerprint density at radius 1 is 0.289 bits per heavy atom. The Bertz CT molecular complexity index is 3540. The van der Waals surface area contributed by atoms with Crippen LogP contribution in [-0.4, -0.2) is 11.3 Å². The molecule has 0 fully saturated rings. The van der Waals surface area contributed by atoms with Crippen LogP contribution in [0.3, 0.4) is 0 Å². The zero-order valence-electron chi connectivity index (χ0n) is 48.9. The Labute approximate surface area is 456 Å². The van der Waals surface area contributed by atoms with Gasteiger partial charge in [0.25, 0.3) is 6.71 Å². The number of aromatic nitrogens is 1. The van der Waals surface area contributed by atoms with Crippen LogP contribution in [0, 0.1) is 0 Å². The lowest BCUT2D eigenvalue weighted by molar-refractivity contribution is 0.568. The molecule has 1 aromatic heterocycles. The summed E-state index contributed by atoms with van der Waals surface area (Å²) >= 11 is 0. The van der Waals surface area contributed by atoms with Gasteiger partial charge < -0.3 is 14.4 Å². The molecule has 2 aliphatic heterocycles. The van der Waals surface area contributed by atoms with Crippen LogP contribution >= 0.6 is 0 Å². The summed E-state index contributed by atoms with van der Waals surface area (Å²) in [5.74, 6) is 0. The quantitative estimate of drug-likeness (QED) is 0.163. The van der Waals surface area contributed by atoms with Crippen molar-refractivity contribution in [1.82, 2.24) is 4.57 Å². The molecular formula is C72H80BN3. The largest absolute Gasteiger partial charge is 0.311 e. The van der Waals surface area contributed by atoms with Crippen molar-refractivity contribution in [2.24, 2.45) is 0 Å². The molecule has 3 heterocycles. The molecule has 4 heteroatoms. The molecule has 0 saturated heterocycles. The van der Waals surface area contributed by atoms with E-state index in [1.165, 1.54) is 117 Å². The first-order valence-corrected chi connectivity index (χ1v) is 27.9. The van der Waals surface area contributed by atoms with E-state index in [0.717, 1.165) is 5.69 Å². The molecule has 2 aliphatic rings. The van der Waals surface area contributed by atoms with Gasteiger partial charge in [-0.25, -0.2) is 0 Å². The highest BCUT2D eigenvalue weighted by atomic mass is 15.2. The zero-order chi connectivity index (χ0) is 54.4. The maximum atomic E-state index is 2.67. The van der Waals surface area contributed by atoms with E-state index in [-0.39, 0.29) is 39.2 Å². The summed E-state index contributed by atoms with van der Waals surface area (Å²) < 4.78 is 2.43. The van der Waals surface area contributed by atoms with Crippen LogP contribution in [0.15, 0.2) is 158 Å². The van der Waals surface area contributed by atoms with E-state index >= 15 is 0 Å². The highest BCUT2D eigenvalue weighted by molar-refractivity contribution is 7.00. The smallest absolute Gasteiger partial charge is 0.252 e. The maximum Gasteiger partial charge on any atom is 0.252 e. The van der Waals surface area contributed by atoms with Crippen LogP contribution in [0.5, 0.6) is 0 Å². The van der Waals surface area contributed by atoms with Gasteiger partial charge in [0, 0.05) is 50.6 Å². The van der Waals surface area contributed by atoms with Gasteiger partial charge in [-0.1, -0.05) is 203 Å². The molecule has 0 spiro atoms. The van der Waals surface area contributed by atoms with E-state index in [1.54, 1.807) is 0 Å². The van der Waals surface area contributed by atoms with Crippen molar-refractivity contribution in [2.45, 2.75) is 157 Å². The molecule has 9 aromatic rings. The average Bonchev–Trinajstić information content (AvgIpc) is 3.85. The Kier molecular flexibility index (Phi) is 11.7. The van der Waals surface area contributed by atoms with Crippen molar-refractivity contribution in [3.63, 3.8) is 0 Å². The summed E-state index contributed by atoms with van der Waals surface area (Å²) in [6, 6.07) is 61.9. The standard InChI is InChI=1S/C72H80BN3/c1-67(2,3)47-29-31-58-62(43-47)75(54-39-49(69(7,8)9)37-50(40-54)70(10,11)12)64-35-46(45-28-33-61-57(34-45)56-26-22-23-27-60(56)74(61)53-24-20-19-21-25-53)36-65-66(64)73(58)59-32-30-48(68(4,5)6)44-63(59)76(65)55-41-51(71(13,14)15)38-52(42-55)72(16,17)18/h19-44H,1-18H3. The topological polar surface area (TPSA) is 11.4 Å². The Hall–Kier alpha value is -6.78. The maximum absolute atomic E-state index is 2.67. The Morgan fingerprint density at radius 2 is 0.697 bits per heavy atom. The summed E-state index contributed by atoms with van der Waals surface area (Å²) in [5.41, 5.74) is 24.9. The minimum Gasteiger partial charge on any atom is -0.311 e. The normalized spacial score (nSPS) is 14.1. The lowest BCUT2D eigenvalue weighted by Crippen LogP contribution is -2.61. The van der Waals surface area contributed by atoms with E-state index in [9.17, 15) is 0 Å². The van der Waals surface area contributed by atoms with Crippen LogP contribution in [0.25, 0.3) is 38.6 Å². The third kappa shape index (κ3) is 8.78. The fraction of sp³-hybridized carbons (Fsp3) is 0.333. The highest BCUT2D eigenvalue weighted by Gasteiger charge is 2.45. The molecule has 76 heavy (non-hydrogen) atoms. The van der Waals surface area contributed by atoms with Crippen LogP contribution < -0.4 is 26.2 Å². The second-order valence-electron chi connectivity index (χ2n) is 28.5. The second-order valence-corrected chi connectivity index (χ2v) is 28.5. The third-order valence-corrected chi connectivity index (χ3v) is 16.6. The minimum absolute atomic E-state index is 0.0216. The molecule has 3 nitrogen and oxygen atoms in total. The zero-order valence-corrected chi connectivity index (χ0v) is 48.9. The fourth-order valence-corrected chi connectivity index (χ4v) is 11.9. The van der Waals surface area contributed by atoms with Crippen molar-refractivity contribution in [1.29, 1.82) is 0 Å². The van der Waals surface area contributed by atoms with Crippen molar-refractivity contribution in [2.75, 3.05) is 9.80 Å². The van der Waals surface area contributed by atoms with Gasteiger partial charge in [0.15, 0.2) is 0 Å². The third-order valence-electron chi connectivity index (χ3n) is 16.6. The number of benzene rings is 8. The van der Waals surface area contributed by atoms with E-state index < -0.39 is 0 Å². The van der Waals surface area contributed by atoms with Gasteiger partial charge in [0.2, 0.25) is 0 Å². The van der Waals surface area contributed by atoms with E-state index in [1.807, 2.05) is 0 Å². The number of hydrogen-bond donors (Lipinski definition) is 0. The van der Waals surface area contributed by atoms with Crippen LogP contribution in [-0.2, 0) is 32.5 Å². The van der Waals surface area contributed by atoms with Gasteiger partial charge in [-0.3, -0.25) is 0 Å². The number of hydrogen-bond acceptors (Lipinski definition) is 2. The number of para-hydroxylation sites is 2. The average molecular weight is 998 g/mol. The molecule has 11 rings (SSSR count). The van der Waals surface area contributed by atoms with Gasteiger partial charge in [-0.15, -0.1) is 0 Å². The number of nitrogens with zero attached hydrogens (tertiary/aromatic N) is 3. The first-order valence-electron chi connectivity index (χ1n) is 27.9. The predicted octanol–water partition coefficient (Wildman–Crippen LogP) is 18.3. The summed E-state index contributed by atoms with van der Waals surface area (Å²) in [7, 11) is 0. The van der Waals surface area contributed by atoms with Crippen molar-refractivity contribution in [3.8, 4) is 16.8 Å². The molecule has 0 amide bonds. The predicted molar refractivity (Wildman–Crippen MR) is 332 cm³/mol. The molecule has 386 valence electrons. The van der Waals surface area contributed by atoms with E-state index in [0.29, 0.717) is 0 Å². The van der Waals surface area contributed by atoms with Gasteiger partial charge in [-0.05, 0) is 172 Å². The van der Waals surface area contributed by atoms with E-state index in [4.69, 9.17) is 0 Å². The number of fused-ring (bicyclic) bond motifs is 7. The van der Waals surface area contributed by atoms with E-state index in [2.05, 4.69) is 297 Å². The lowest BCUT2D eigenvalue weighted by Gasteiger charge is -2.46. The molecule has 0 aliphatic carbocycles. The monoisotopic (exact) mass is 998 g/mol. The van der Waals surface area contributed by atoms with Crippen molar-refractivity contribution >= 4 is 79.0 Å². The molecule has 0 bridgehead atoms. The molecular weight excluding hydrogens is 918 g/mol. The van der Waals surface area contributed by atoms with Gasteiger partial charge >= 0.3 is 0 Å². The van der Waals surface area contributed by atoms with Gasteiger partial charge in [-0.2, -0.15) is 0 Å². The van der Waals surface area contributed by atoms with Crippen LogP contribution in [0.1, 0.15) is 158 Å². The van der Waals surface area contributed by atoms with Crippen LogP contribution in [0.2, 0.25) is 0 Å². The minimum atomic E-state index is -0.0800. The first-order chi connectivity index (χ1) is 35.5. The second kappa shape index (κ2) is 17.4. The number of rotatable bonds is 4. The van der Waals surface area contributed by atoms with Gasteiger partial charge in [0.1, 0.15) is 0 Å². The Morgan fingerprint density at radius 3 is 1.13 bits per heavy atom. The molecule has 0 radical (unpaired) electrons. The van der Waals surface area contributed by atoms with Gasteiger partial charge in [0.05, 0.1) is 11.0 Å². The molecule has 8 aromatic carbocycles. The SMILES string of the molecule is CC(C)(C)c1cc(N2c3cc(C(C)(C)C)ccc3B3c4ccc(C(C)(C)C)cc4N(c4cc(C(C)(C)C)cc(C(C)(C)C)c4)c4cc(-c5ccc6c(c5)c5ccccc5n6-c5ccccc5)cc2c43)cc(C(C)(C)C)c1. The van der Waals surface area contributed by atoms with Crippen molar-refractivity contribution < 1.29 is 0 Å². The summed E-state index contributed by atoms with van der Waals surface area (Å²) in [6.45, 7) is 42.5. The molecule has 0 atom stereocenters. The van der Waals surface area contributed by atoms with Crippen molar-refractivity contribution in [3.05, 3.63) is 191 Å². The first kappa shape index (κ1) is 51.3. The lowest BCUT2D eigenvalue weighted by atomic mass is 9.33. The number of anilines is 6.